The van der Waals surface area contributed by atoms with Gasteiger partial charge in [-0.25, -0.2) is 4.98 Å². The fourth-order valence-corrected chi connectivity index (χ4v) is 3.17. The summed E-state index contributed by atoms with van der Waals surface area (Å²) in [4.78, 5) is 10.2. The number of hydrogen-bond acceptors (Lipinski definition) is 5. The van der Waals surface area contributed by atoms with E-state index in [-0.39, 0.29) is 0 Å². The second-order valence-corrected chi connectivity index (χ2v) is 5.86. The summed E-state index contributed by atoms with van der Waals surface area (Å²) in [7, 11) is 2.15. The van der Waals surface area contributed by atoms with Gasteiger partial charge >= 0.3 is 0 Å². The van der Waals surface area contributed by atoms with Crippen molar-refractivity contribution >= 4 is 16.5 Å². The number of nitrogens with zero attached hydrogens (tertiary/aromatic N) is 4. The predicted molar refractivity (Wildman–Crippen MR) is 68.5 cm³/mol. The van der Waals surface area contributed by atoms with Crippen LogP contribution in [0, 0.1) is 11.3 Å². The lowest BCUT2D eigenvalue weighted by molar-refractivity contribution is 0.312. The van der Waals surface area contributed by atoms with Gasteiger partial charge in [0.15, 0.2) is 5.13 Å². The van der Waals surface area contributed by atoms with Crippen molar-refractivity contribution in [3.8, 4) is 6.07 Å². The average Bonchev–Trinajstić information content (AvgIpc) is 3.10. The smallest absolute Gasteiger partial charge is 0.186 e. The Morgan fingerprint density at radius 1 is 1.29 bits per heavy atom. The number of anilines is 1. The molecule has 90 valence electrons. The monoisotopic (exact) mass is 248 g/mol. The zero-order chi connectivity index (χ0) is 11.8. The Kier molecular flexibility index (Phi) is 2.77. The van der Waals surface area contributed by atoms with Crippen LogP contribution in [0.2, 0.25) is 0 Å². The van der Waals surface area contributed by atoms with Crippen LogP contribution in [0.1, 0.15) is 29.3 Å². The van der Waals surface area contributed by atoms with Gasteiger partial charge in [0.2, 0.25) is 0 Å². The Bertz CT molecular complexity index is 450. The van der Waals surface area contributed by atoms with Gasteiger partial charge in [-0.2, -0.15) is 5.26 Å². The topological polar surface area (TPSA) is 43.2 Å². The van der Waals surface area contributed by atoms with Crippen LogP contribution in [-0.2, 0) is 0 Å². The lowest BCUT2D eigenvalue weighted by atomic mass is 10.3. The van der Waals surface area contributed by atoms with Crippen LogP contribution in [0.25, 0.3) is 0 Å². The maximum Gasteiger partial charge on any atom is 0.186 e. The normalized spacial score (nSPS) is 21.5. The maximum absolute atomic E-state index is 9.14. The fraction of sp³-hybridized carbons (Fsp3) is 0.667. The van der Waals surface area contributed by atoms with Gasteiger partial charge < -0.3 is 9.80 Å². The van der Waals surface area contributed by atoms with Gasteiger partial charge in [0.05, 0.1) is 5.69 Å². The first-order valence-corrected chi connectivity index (χ1v) is 6.94. The summed E-state index contributed by atoms with van der Waals surface area (Å²) in [6.07, 6.45) is 2.42. The molecule has 1 aromatic heterocycles. The number of likely N-dealkylation sites (N-methyl/N-ethyl adjacent to an activating group) is 1. The zero-order valence-electron chi connectivity index (χ0n) is 10.0. The standard InChI is InChI=1S/C12H16N4S/c1-15-4-6-16(7-5-15)12-14-11(9-2-3-9)10(8-13)17-12/h9H,2-7H2,1H3. The van der Waals surface area contributed by atoms with Crippen molar-refractivity contribution in [3.63, 3.8) is 0 Å². The second-order valence-electron chi connectivity index (χ2n) is 4.89. The Hall–Kier alpha value is -1.12. The van der Waals surface area contributed by atoms with E-state index in [9.17, 15) is 0 Å². The van der Waals surface area contributed by atoms with Crippen LogP contribution in [0.15, 0.2) is 0 Å². The van der Waals surface area contributed by atoms with Gasteiger partial charge in [0.25, 0.3) is 0 Å². The highest BCUT2D eigenvalue weighted by atomic mass is 32.1. The Labute approximate surface area is 105 Å². The first-order chi connectivity index (χ1) is 8.28. The van der Waals surface area contributed by atoms with E-state index in [2.05, 4.69) is 22.9 Å². The third-order valence-electron chi connectivity index (χ3n) is 3.48. The van der Waals surface area contributed by atoms with Gasteiger partial charge in [0, 0.05) is 32.1 Å². The van der Waals surface area contributed by atoms with E-state index in [1.165, 1.54) is 12.8 Å². The van der Waals surface area contributed by atoms with Crippen LogP contribution < -0.4 is 4.90 Å². The molecule has 0 unspecified atom stereocenters. The summed E-state index contributed by atoms with van der Waals surface area (Å²) in [6, 6.07) is 2.30. The average molecular weight is 248 g/mol. The van der Waals surface area contributed by atoms with Gasteiger partial charge in [-0.15, -0.1) is 0 Å². The van der Waals surface area contributed by atoms with Crippen LogP contribution in [0.5, 0.6) is 0 Å². The minimum absolute atomic E-state index is 0.571. The quantitative estimate of drug-likeness (QED) is 0.798. The number of piperazine rings is 1. The molecule has 5 heteroatoms. The summed E-state index contributed by atoms with van der Waals surface area (Å²) in [6.45, 7) is 4.22. The van der Waals surface area contributed by atoms with Crippen molar-refractivity contribution in [2.75, 3.05) is 38.1 Å². The third-order valence-corrected chi connectivity index (χ3v) is 4.52. The minimum Gasteiger partial charge on any atom is -0.345 e. The second kappa shape index (κ2) is 4.28. The van der Waals surface area contributed by atoms with Crippen molar-refractivity contribution in [1.82, 2.24) is 9.88 Å². The molecule has 17 heavy (non-hydrogen) atoms. The number of aromatic nitrogens is 1. The molecule has 0 spiro atoms. The summed E-state index contributed by atoms with van der Waals surface area (Å²) >= 11 is 1.57. The van der Waals surface area contributed by atoms with Crippen molar-refractivity contribution in [2.24, 2.45) is 0 Å². The molecule has 0 aromatic carbocycles. The Morgan fingerprint density at radius 3 is 2.59 bits per heavy atom. The van der Waals surface area contributed by atoms with E-state index in [1.54, 1.807) is 11.3 Å². The van der Waals surface area contributed by atoms with Gasteiger partial charge in [-0.1, -0.05) is 11.3 Å². The number of rotatable bonds is 2. The number of nitriles is 1. The highest BCUT2D eigenvalue weighted by molar-refractivity contribution is 7.16. The molecule has 0 bridgehead atoms. The van der Waals surface area contributed by atoms with E-state index in [0.29, 0.717) is 5.92 Å². The summed E-state index contributed by atoms with van der Waals surface area (Å²) < 4.78 is 0. The third kappa shape index (κ3) is 2.15. The van der Waals surface area contributed by atoms with Gasteiger partial charge in [-0.3, -0.25) is 0 Å². The molecule has 1 aliphatic carbocycles. The van der Waals surface area contributed by atoms with Crippen molar-refractivity contribution in [1.29, 1.82) is 5.26 Å². The minimum atomic E-state index is 0.571. The molecule has 0 radical (unpaired) electrons. The van der Waals surface area contributed by atoms with Crippen LogP contribution in [0.3, 0.4) is 0 Å². The highest BCUT2D eigenvalue weighted by Gasteiger charge is 2.31. The van der Waals surface area contributed by atoms with E-state index in [4.69, 9.17) is 10.2 Å². The molecule has 1 aliphatic heterocycles. The molecule has 2 aliphatic rings. The van der Waals surface area contributed by atoms with E-state index >= 15 is 0 Å². The zero-order valence-corrected chi connectivity index (χ0v) is 10.8. The van der Waals surface area contributed by atoms with Crippen LogP contribution in [0.4, 0.5) is 5.13 Å². The van der Waals surface area contributed by atoms with Gasteiger partial charge in [0.1, 0.15) is 10.9 Å². The molecule has 0 N–H and O–H groups in total. The molecule has 1 saturated heterocycles. The summed E-state index contributed by atoms with van der Waals surface area (Å²) in [5.41, 5.74) is 1.06. The van der Waals surface area contributed by atoms with E-state index in [0.717, 1.165) is 41.9 Å². The first kappa shape index (κ1) is 11.0. The predicted octanol–water partition coefficient (Wildman–Crippen LogP) is 1.64. The van der Waals surface area contributed by atoms with Crippen molar-refractivity contribution < 1.29 is 0 Å². The number of hydrogen-bond donors (Lipinski definition) is 0. The fourth-order valence-electron chi connectivity index (χ4n) is 2.17. The van der Waals surface area contributed by atoms with Crippen molar-refractivity contribution in [2.45, 2.75) is 18.8 Å². The molecular weight excluding hydrogens is 232 g/mol. The lowest BCUT2D eigenvalue weighted by Gasteiger charge is -2.32. The maximum atomic E-state index is 9.14. The molecule has 2 fully saturated rings. The highest BCUT2D eigenvalue weighted by Crippen LogP contribution is 2.43. The summed E-state index contributed by atoms with van der Waals surface area (Å²) in [5, 5.41) is 10.2. The first-order valence-electron chi connectivity index (χ1n) is 6.12. The molecule has 1 aromatic rings. The molecule has 1 saturated carbocycles. The molecule has 0 atom stereocenters. The molecule has 2 heterocycles. The lowest BCUT2D eigenvalue weighted by Crippen LogP contribution is -2.44. The van der Waals surface area contributed by atoms with Crippen LogP contribution >= 0.6 is 11.3 Å². The Morgan fingerprint density at radius 2 is 2.00 bits per heavy atom. The molecule has 4 nitrogen and oxygen atoms in total. The Balaban J connectivity index is 1.81. The number of thiazole rings is 1. The molecule has 3 rings (SSSR count). The molecular formula is C12H16N4S. The summed E-state index contributed by atoms with van der Waals surface area (Å²) in [5.74, 6) is 0.571. The van der Waals surface area contributed by atoms with Gasteiger partial charge in [-0.05, 0) is 19.9 Å². The molecule has 0 amide bonds. The largest absolute Gasteiger partial charge is 0.345 e. The van der Waals surface area contributed by atoms with E-state index in [1.807, 2.05) is 0 Å². The van der Waals surface area contributed by atoms with Crippen LogP contribution in [-0.4, -0.2) is 43.1 Å². The SMILES string of the molecule is CN1CCN(c2nc(C3CC3)c(C#N)s2)CC1. The van der Waals surface area contributed by atoms with E-state index < -0.39 is 0 Å². The van der Waals surface area contributed by atoms with Crippen molar-refractivity contribution in [3.05, 3.63) is 10.6 Å².